The molecule has 0 amide bonds. The summed E-state index contributed by atoms with van der Waals surface area (Å²) in [6.45, 7) is 10.7. The maximum Gasteiger partial charge on any atom is 0.108 e. The van der Waals surface area contributed by atoms with Crippen LogP contribution >= 0.6 is 0 Å². The molecule has 0 aliphatic carbocycles. The van der Waals surface area contributed by atoms with E-state index in [0.717, 1.165) is 11.0 Å². The maximum atomic E-state index is 10.2. The molecule has 122 valence electrons. The van der Waals surface area contributed by atoms with Crippen LogP contribution in [0.2, 0.25) is 0 Å². The summed E-state index contributed by atoms with van der Waals surface area (Å²) in [4.78, 5) is 0. The summed E-state index contributed by atoms with van der Waals surface area (Å²) in [7, 11) is 4.49. The van der Waals surface area contributed by atoms with E-state index in [4.69, 9.17) is 0 Å². The summed E-state index contributed by atoms with van der Waals surface area (Å²) >= 11 is 0. The first-order valence-corrected chi connectivity index (χ1v) is 8.69. The van der Waals surface area contributed by atoms with Gasteiger partial charge in [0.1, 0.15) is 12.6 Å². The van der Waals surface area contributed by atoms with Gasteiger partial charge < -0.3 is 9.59 Å². The van der Waals surface area contributed by atoms with E-state index in [2.05, 4.69) is 41.8 Å². The second-order valence-electron chi connectivity index (χ2n) is 8.20. The molecule has 1 unspecified atom stereocenters. The Morgan fingerprint density at radius 3 is 1.75 bits per heavy atom. The predicted molar refractivity (Wildman–Crippen MR) is 89.9 cm³/mol. The third kappa shape index (κ3) is 10.7. The maximum absolute atomic E-state index is 10.2. The zero-order valence-corrected chi connectivity index (χ0v) is 15.0. The van der Waals surface area contributed by atoms with Gasteiger partial charge in [0.15, 0.2) is 0 Å². The Morgan fingerprint density at radius 2 is 1.30 bits per heavy atom. The minimum atomic E-state index is -0.216. The Morgan fingerprint density at radius 1 is 0.850 bits per heavy atom. The number of aliphatic hydroxyl groups is 1. The zero-order valence-electron chi connectivity index (χ0n) is 15.0. The number of aliphatic hydroxyl groups excluding tert-OH is 1. The van der Waals surface area contributed by atoms with Crippen molar-refractivity contribution in [2.75, 3.05) is 27.2 Å². The molecule has 0 saturated carbocycles. The van der Waals surface area contributed by atoms with Crippen molar-refractivity contribution in [1.29, 1.82) is 0 Å². The van der Waals surface area contributed by atoms with E-state index in [0.29, 0.717) is 0 Å². The van der Waals surface area contributed by atoms with Gasteiger partial charge >= 0.3 is 0 Å². The molecule has 1 atom stereocenters. The second-order valence-corrected chi connectivity index (χ2v) is 8.20. The fourth-order valence-electron chi connectivity index (χ4n) is 2.51. The Balaban J connectivity index is 3.67. The van der Waals surface area contributed by atoms with Gasteiger partial charge in [-0.1, -0.05) is 66.2 Å². The lowest BCUT2D eigenvalue weighted by molar-refractivity contribution is -0.894. The van der Waals surface area contributed by atoms with Gasteiger partial charge in [-0.05, 0) is 18.3 Å². The summed E-state index contributed by atoms with van der Waals surface area (Å²) in [5, 5.41) is 10.2. The molecule has 0 aliphatic heterocycles. The summed E-state index contributed by atoms with van der Waals surface area (Å²) in [6, 6.07) is 0. The van der Waals surface area contributed by atoms with E-state index in [1.807, 2.05) is 0 Å². The number of hydrogen-bond acceptors (Lipinski definition) is 1. The topological polar surface area (TPSA) is 20.2 Å². The molecule has 2 nitrogen and oxygen atoms in total. The number of quaternary nitrogens is 1. The van der Waals surface area contributed by atoms with Crippen molar-refractivity contribution in [2.24, 2.45) is 5.41 Å². The first-order chi connectivity index (χ1) is 9.19. The highest BCUT2D eigenvalue weighted by Gasteiger charge is 2.29. The second kappa shape index (κ2) is 9.78. The molecular weight excluding hydrogens is 246 g/mol. The molecule has 0 fully saturated rings. The fourth-order valence-corrected chi connectivity index (χ4v) is 2.51. The summed E-state index contributed by atoms with van der Waals surface area (Å²) < 4.78 is 0.939. The van der Waals surface area contributed by atoms with Crippen molar-refractivity contribution < 1.29 is 9.59 Å². The summed E-state index contributed by atoms with van der Waals surface area (Å²) in [5.74, 6) is 0. The molecule has 0 saturated heterocycles. The average molecular weight is 287 g/mol. The van der Waals surface area contributed by atoms with Gasteiger partial charge in [-0.15, -0.1) is 0 Å². The minimum absolute atomic E-state index is 0.00516. The van der Waals surface area contributed by atoms with E-state index in [9.17, 15) is 5.11 Å². The van der Waals surface area contributed by atoms with Crippen molar-refractivity contribution in [3.8, 4) is 0 Å². The highest BCUT2D eigenvalue weighted by Crippen LogP contribution is 2.21. The number of rotatable bonds is 11. The third-order valence-electron chi connectivity index (χ3n) is 4.28. The number of nitrogens with zero attached hydrogens (tertiary/aromatic N) is 1. The van der Waals surface area contributed by atoms with Crippen molar-refractivity contribution in [3.63, 3.8) is 0 Å². The van der Waals surface area contributed by atoms with E-state index in [1.54, 1.807) is 0 Å². The van der Waals surface area contributed by atoms with Crippen LogP contribution in [-0.4, -0.2) is 42.9 Å². The van der Waals surface area contributed by atoms with Crippen molar-refractivity contribution in [1.82, 2.24) is 0 Å². The fraction of sp³-hybridized carbons (Fsp3) is 1.00. The van der Waals surface area contributed by atoms with Crippen LogP contribution in [0.4, 0.5) is 0 Å². The van der Waals surface area contributed by atoms with Gasteiger partial charge in [-0.3, -0.25) is 0 Å². The Labute approximate surface area is 128 Å². The molecule has 0 bridgehead atoms. The van der Waals surface area contributed by atoms with Gasteiger partial charge in [0.25, 0.3) is 0 Å². The molecule has 0 radical (unpaired) electrons. The van der Waals surface area contributed by atoms with Crippen LogP contribution in [0.15, 0.2) is 0 Å². The highest BCUT2D eigenvalue weighted by molar-refractivity contribution is 4.72. The molecule has 0 aromatic carbocycles. The first kappa shape index (κ1) is 19.9. The number of hydrogen-bond donors (Lipinski definition) is 1. The van der Waals surface area contributed by atoms with Gasteiger partial charge in [-0.2, -0.15) is 0 Å². The molecule has 0 aromatic heterocycles. The molecule has 0 rings (SSSR count). The van der Waals surface area contributed by atoms with Crippen LogP contribution in [-0.2, 0) is 0 Å². The van der Waals surface area contributed by atoms with Crippen LogP contribution in [0, 0.1) is 5.41 Å². The molecule has 0 aliphatic rings. The lowest BCUT2D eigenvalue weighted by Gasteiger charge is -2.36. The lowest BCUT2D eigenvalue weighted by Crippen LogP contribution is -2.49. The quantitative estimate of drug-likeness (QED) is 0.434. The van der Waals surface area contributed by atoms with Crippen LogP contribution in [0.3, 0.4) is 0 Å². The van der Waals surface area contributed by atoms with Crippen molar-refractivity contribution in [2.45, 2.75) is 85.2 Å². The lowest BCUT2D eigenvalue weighted by atomic mass is 9.88. The predicted octanol–water partition coefficient (Wildman–Crippen LogP) is 4.61. The van der Waals surface area contributed by atoms with Crippen molar-refractivity contribution >= 4 is 0 Å². The van der Waals surface area contributed by atoms with E-state index in [1.165, 1.54) is 57.9 Å². The van der Waals surface area contributed by atoms with E-state index < -0.39 is 0 Å². The van der Waals surface area contributed by atoms with Crippen LogP contribution in [0.5, 0.6) is 0 Å². The van der Waals surface area contributed by atoms with Gasteiger partial charge in [-0.25, -0.2) is 0 Å². The normalized spacial score (nSPS) is 14.6. The molecule has 1 N–H and O–H groups in total. The number of unbranched alkanes of at least 4 members (excludes halogenated alkanes) is 7. The molecule has 0 spiro atoms. The molecular formula is C18H40NO+. The van der Waals surface area contributed by atoms with Gasteiger partial charge in [0.2, 0.25) is 0 Å². The van der Waals surface area contributed by atoms with Crippen LogP contribution in [0.25, 0.3) is 0 Å². The molecule has 2 heteroatoms. The largest absolute Gasteiger partial charge is 0.387 e. The first-order valence-electron chi connectivity index (χ1n) is 8.69. The van der Waals surface area contributed by atoms with Gasteiger partial charge in [0.05, 0.1) is 20.6 Å². The summed E-state index contributed by atoms with van der Waals surface area (Å²) in [6.07, 6.45) is 10.8. The minimum Gasteiger partial charge on any atom is -0.387 e. The molecule has 0 heterocycles. The Bertz CT molecular complexity index is 230. The summed E-state index contributed by atoms with van der Waals surface area (Å²) in [5.41, 5.74) is -0.00516. The Hall–Kier alpha value is -0.0800. The average Bonchev–Trinajstić information content (AvgIpc) is 2.30. The van der Waals surface area contributed by atoms with Crippen LogP contribution < -0.4 is 0 Å². The van der Waals surface area contributed by atoms with Crippen LogP contribution in [0.1, 0.15) is 79.1 Å². The molecule has 20 heavy (non-hydrogen) atoms. The SMILES string of the molecule is CCCCCCCCCC[N+](C)(C)CC(O)C(C)(C)C. The molecule has 0 aromatic rings. The van der Waals surface area contributed by atoms with E-state index in [-0.39, 0.29) is 11.5 Å². The van der Waals surface area contributed by atoms with Crippen molar-refractivity contribution in [3.05, 3.63) is 0 Å². The zero-order chi connectivity index (χ0) is 15.6. The standard InChI is InChI=1S/C18H40NO/c1-7-8-9-10-11-12-13-14-15-19(5,6)16-17(20)18(2,3)4/h17,20H,7-16H2,1-6H3/q+1. The smallest absolute Gasteiger partial charge is 0.108 e. The highest BCUT2D eigenvalue weighted by atomic mass is 16.3. The monoisotopic (exact) mass is 286 g/mol. The van der Waals surface area contributed by atoms with E-state index >= 15 is 0 Å². The van der Waals surface area contributed by atoms with Gasteiger partial charge in [0, 0.05) is 0 Å². The number of likely N-dealkylation sites (N-methyl/N-ethyl adjacent to an activating group) is 1. The Kier molecular flexibility index (Phi) is 9.74. The third-order valence-corrected chi connectivity index (χ3v) is 4.28.